The van der Waals surface area contributed by atoms with E-state index >= 15 is 0 Å². The highest BCUT2D eigenvalue weighted by molar-refractivity contribution is 9.09. The highest BCUT2D eigenvalue weighted by Gasteiger charge is 2.29. The van der Waals surface area contributed by atoms with Crippen LogP contribution < -0.4 is 0 Å². The Kier molecular flexibility index (Phi) is 5.12. The van der Waals surface area contributed by atoms with Crippen LogP contribution in [0.1, 0.15) is 17.3 Å². The molecule has 1 aromatic rings. The molecule has 3 nitrogen and oxygen atoms in total. The van der Waals surface area contributed by atoms with Gasteiger partial charge in [0.1, 0.15) is 0 Å². The number of hydrogen-bond donors (Lipinski definition) is 0. The Morgan fingerprint density at radius 3 is 2.84 bits per heavy atom. The molecule has 0 radical (unpaired) electrons. The molecule has 104 valence electrons. The average Bonchev–Trinajstić information content (AvgIpc) is 2.37. The van der Waals surface area contributed by atoms with Crippen molar-refractivity contribution in [3.05, 3.63) is 33.8 Å². The second-order valence-corrected chi connectivity index (χ2v) is 6.05. The number of nitrogens with zero attached hydrogens (tertiary/aromatic N) is 1. The highest BCUT2D eigenvalue weighted by Crippen LogP contribution is 2.24. The molecule has 0 bridgehead atoms. The van der Waals surface area contributed by atoms with E-state index < -0.39 is 0 Å². The van der Waals surface area contributed by atoms with Gasteiger partial charge in [0.2, 0.25) is 0 Å². The van der Waals surface area contributed by atoms with Gasteiger partial charge < -0.3 is 9.64 Å². The lowest BCUT2D eigenvalue weighted by Gasteiger charge is -2.36. The fourth-order valence-electron chi connectivity index (χ4n) is 2.13. The van der Waals surface area contributed by atoms with Crippen LogP contribution in [0.25, 0.3) is 0 Å². The van der Waals surface area contributed by atoms with Crippen LogP contribution in [-0.2, 0) is 4.74 Å². The number of alkyl halides is 1. The Morgan fingerprint density at radius 2 is 2.21 bits per heavy atom. The Bertz CT molecular complexity index is 484. The van der Waals surface area contributed by atoms with Crippen LogP contribution in [0.2, 0.25) is 10.0 Å². The molecule has 19 heavy (non-hydrogen) atoms. The van der Waals surface area contributed by atoms with E-state index in [9.17, 15) is 4.79 Å². The zero-order valence-electron chi connectivity index (χ0n) is 10.4. The third kappa shape index (κ3) is 3.63. The number of benzene rings is 1. The third-order valence-electron chi connectivity index (χ3n) is 2.95. The first-order valence-corrected chi connectivity index (χ1v) is 7.84. The molecule has 0 N–H and O–H groups in total. The van der Waals surface area contributed by atoms with Crippen molar-refractivity contribution in [1.29, 1.82) is 0 Å². The summed E-state index contributed by atoms with van der Waals surface area (Å²) >= 11 is 15.3. The van der Waals surface area contributed by atoms with Gasteiger partial charge in [-0.15, -0.1) is 0 Å². The molecule has 1 aliphatic heterocycles. The number of amides is 1. The second-order valence-electron chi connectivity index (χ2n) is 4.56. The van der Waals surface area contributed by atoms with Crippen LogP contribution in [0.3, 0.4) is 0 Å². The van der Waals surface area contributed by atoms with Gasteiger partial charge in [0.25, 0.3) is 5.91 Å². The van der Waals surface area contributed by atoms with Crippen LogP contribution in [0, 0.1) is 0 Å². The molecule has 2 rings (SSSR count). The summed E-state index contributed by atoms with van der Waals surface area (Å²) in [4.78, 5) is 14.2. The fourth-order valence-corrected chi connectivity index (χ4v) is 2.98. The minimum atomic E-state index is -0.0808. The molecule has 2 unspecified atom stereocenters. The molecular weight excluding hydrogens is 353 g/mol. The molecule has 1 fully saturated rings. The number of carbonyl (C=O) groups is 1. The largest absolute Gasteiger partial charge is 0.371 e. The van der Waals surface area contributed by atoms with E-state index in [0.29, 0.717) is 34.0 Å². The highest BCUT2D eigenvalue weighted by atomic mass is 79.9. The van der Waals surface area contributed by atoms with Gasteiger partial charge in [-0.2, -0.15) is 0 Å². The molecular formula is C13H14BrCl2NO2. The van der Waals surface area contributed by atoms with Gasteiger partial charge in [0, 0.05) is 23.4 Å². The number of halogens is 3. The number of ether oxygens (including phenoxy) is 1. The van der Waals surface area contributed by atoms with Crippen molar-refractivity contribution in [1.82, 2.24) is 4.90 Å². The van der Waals surface area contributed by atoms with Gasteiger partial charge in [0.05, 0.1) is 22.8 Å². The SMILES string of the molecule is CC1CN(C(=O)c2ccc(Cl)cc2Cl)CC(CBr)O1. The minimum absolute atomic E-state index is 0.0128. The number of carbonyl (C=O) groups excluding carboxylic acids is 1. The summed E-state index contributed by atoms with van der Waals surface area (Å²) < 4.78 is 5.71. The smallest absolute Gasteiger partial charge is 0.255 e. The van der Waals surface area contributed by atoms with Crippen molar-refractivity contribution >= 4 is 45.0 Å². The van der Waals surface area contributed by atoms with Gasteiger partial charge >= 0.3 is 0 Å². The maximum atomic E-state index is 12.5. The van der Waals surface area contributed by atoms with E-state index in [4.69, 9.17) is 27.9 Å². The third-order valence-corrected chi connectivity index (χ3v) is 4.22. The van der Waals surface area contributed by atoms with Crippen molar-refractivity contribution in [2.24, 2.45) is 0 Å². The monoisotopic (exact) mass is 365 g/mol. The summed E-state index contributed by atoms with van der Waals surface area (Å²) in [6, 6.07) is 4.92. The summed E-state index contributed by atoms with van der Waals surface area (Å²) in [7, 11) is 0. The van der Waals surface area contributed by atoms with E-state index in [1.165, 1.54) is 0 Å². The minimum Gasteiger partial charge on any atom is -0.371 e. The fraction of sp³-hybridized carbons (Fsp3) is 0.462. The topological polar surface area (TPSA) is 29.5 Å². The zero-order chi connectivity index (χ0) is 14.0. The molecule has 1 heterocycles. The van der Waals surface area contributed by atoms with E-state index in [1.54, 1.807) is 23.1 Å². The summed E-state index contributed by atoms with van der Waals surface area (Å²) in [6.07, 6.45) is 0.0325. The number of hydrogen-bond acceptors (Lipinski definition) is 2. The van der Waals surface area contributed by atoms with E-state index in [0.717, 1.165) is 0 Å². The van der Waals surface area contributed by atoms with Crippen molar-refractivity contribution in [3.63, 3.8) is 0 Å². The van der Waals surface area contributed by atoms with Gasteiger partial charge in [-0.25, -0.2) is 0 Å². The van der Waals surface area contributed by atoms with Crippen LogP contribution in [-0.4, -0.2) is 41.4 Å². The van der Waals surface area contributed by atoms with E-state index in [1.807, 2.05) is 6.92 Å². The molecule has 0 spiro atoms. The van der Waals surface area contributed by atoms with Crippen LogP contribution in [0.4, 0.5) is 0 Å². The van der Waals surface area contributed by atoms with Crippen LogP contribution in [0.15, 0.2) is 18.2 Å². The lowest BCUT2D eigenvalue weighted by Crippen LogP contribution is -2.49. The van der Waals surface area contributed by atoms with Gasteiger partial charge in [-0.3, -0.25) is 4.79 Å². The molecule has 1 aromatic carbocycles. The number of morpholine rings is 1. The molecule has 6 heteroatoms. The maximum Gasteiger partial charge on any atom is 0.255 e. The zero-order valence-corrected chi connectivity index (χ0v) is 13.5. The Morgan fingerprint density at radius 1 is 1.47 bits per heavy atom. The van der Waals surface area contributed by atoms with Gasteiger partial charge in [-0.05, 0) is 25.1 Å². The normalized spacial score (nSPS) is 23.5. The van der Waals surface area contributed by atoms with Gasteiger partial charge in [0.15, 0.2) is 0 Å². The molecule has 1 saturated heterocycles. The Labute approximate surface area is 130 Å². The van der Waals surface area contributed by atoms with Crippen molar-refractivity contribution in [2.75, 3.05) is 18.4 Å². The quantitative estimate of drug-likeness (QED) is 0.748. The van der Waals surface area contributed by atoms with Crippen molar-refractivity contribution in [3.8, 4) is 0 Å². The standard InChI is InChI=1S/C13H14BrCl2NO2/c1-8-6-17(7-10(5-14)19-8)13(18)11-3-2-9(15)4-12(11)16/h2-4,8,10H,5-7H2,1H3. The van der Waals surface area contributed by atoms with Crippen LogP contribution >= 0.6 is 39.1 Å². The first-order chi connectivity index (χ1) is 9.01. The predicted molar refractivity (Wildman–Crippen MR) is 80.5 cm³/mol. The summed E-state index contributed by atoms with van der Waals surface area (Å²) in [5, 5.41) is 1.61. The summed E-state index contributed by atoms with van der Waals surface area (Å²) in [5.41, 5.74) is 0.480. The predicted octanol–water partition coefficient (Wildman–Crippen LogP) is 3.62. The van der Waals surface area contributed by atoms with Crippen molar-refractivity contribution in [2.45, 2.75) is 19.1 Å². The van der Waals surface area contributed by atoms with E-state index in [-0.39, 0.29) is 18.1 Å². The maximum absolute atomic E-state index is 12.5. The van der Waals surface area contributed by atoms with Gasteiger partial charge in [-0.1, -0.05) is 39.1 Å². The Balaban J connectivity index is 2.18. The molecule has 0 aromatic heterocycles. The lowest BCUT2D eigenvalue weighted by atomic mass is 10.1. The summed E-state index contributed by atoms with van der Waals surface area (Å²) in [5.74, 6) is -0.0808. The molecule has 0 saturated carbocycles. The average molecular weight is 367 g/mol. The second kappa shape index (κ2) is 6.44. The molecule has 0 aliphatic carbocycles. The Hall–Kier alpha value is -0.290. The molecule has 2 atom stereocenters. The van der Waals surface area contributed by atoms with Crippen molar-refractivity contribution < 1.29 is 9.53 Å². The first-order valence-electron chi connectivity index (χ1n) is 5.97. The first kappa shape index (κ1) is 15.1. The number of rotatable bonds is 2. The van der Waals surface area contributed by atoms with E-state index in [2.05, 4.69) is 15.9 Å². The molecule has 1 amide bonds. The van der Waals surface area contributed by atoms with Crippen LogP contribution in [0.5, 0.6) is 0 Å². The lowest BCUT2D eigenvalue weighted by molar-refractivity contribution is -0.0559. The molecule has 1 aliphatic rings. The summed E-state index contributed by atoms with van der Waals surface area (Å²) in [6.45, 7) is 3.09.